The molecular formula is C14H25F2NO2. The van der Waals surface area contributed by atoms with E-state index >= 15 is 0 Å². The van der Waals surface area contributed by atoms with E-state index in [-0.39, 0.29) is 31.4 Å². The standard InChI is InChI=1S/C14H25F2NO2/c1-2-3-11-4-5-13(19)12(8-11)9-17(6-7-18)10-14(15)16/h11-12,14,18H,2-10H2,1H3. The van der Waals surface area contributed by atoms with Gasteiger partial charge in [0.1, 0.15) is 5.78 Å². The summed E-state index contributed by atoms with van der Waals surface area (Å²) in [6.07, 6.45) is 2.13. The van der Waals surface area contributed by atoms with Crippen molar-refractivity contribution in [1.82, 2.24) is 4.90 Å². The van der Waals surface area contributed by atoms with Crippen LogP contribution in [0, 0.1) is 11.8 Å². The number of rotatable bonds is 8. The van der Waals surface area contributed by atoms with Gasteiger partial charge in [-0.1, -0.05) is 19.8 Å². The molecule has 0 bridgehead atoms. The molecule has 0 amide bonds. The molecule has 1 rings (SSSR count). The van der Waals surface area contributed by atoms with E-state index in [1.807, 2.05) is 0 Å². The number of nitrogens with zero attached hydrogens (tertiary/aromatic N) is 1. The van der Waals surface area contributed by atoms with E-state index in [1.165, 1.54) is 4.90 Å². The van der Waals surface area contributed by atoms with Gasteiger partial charge in [0.2, 0.25) is 0 Å². The van der Waals surface area contributed by atoms with Gasteiger partial charge in [0.15, 0.2) is 0 Å². The van der Waals surface area contributed by atoms with Crippen molar-refractivity contribution in [3.8, 4) is 0 Å². The first-order valence-electron chi connectivity index (χ1n) is 7.20. The molecule has 19 heavy (non-hydrogen) atoms. The predicted octanol–water partition coefficient (Wildman–Crippen LogP) is 2.33. The van der Waals surface area contributed by atoms with E-state index in [2.05, 4.69) is 6.92 Å². The lowest BCUT2D eigenvalue weighted by Gasteiger charge is -2.32. The molecule has 1 fully saturated rings. The Kier molecular flexibility index (Phi) is 7.46. The number of Topliss-reactive ketones (excluding diaryl/α,β-unsaturated/α-hetero) is 1. The molecule has 1 aliphatic carbocycles. The van der Waals surface area contributed by atoms with Gasteiger partial charge in [-0.2, -0.15) is 0 Å². The van der Waals surface area contributed by atoms with E-state index in [0.29, 0.717) is 18.9 Å². The fourth-order valence-electron chi connectivity index (χ4n) is 2.95. The smallest absolute Gasteiger partial charge is 0.251 e. The number of ketones is 1. The van der Waals surface area contributed by atoms with Crippen molar-refractivity contribution in [2.24, 2.45) is 11.8 Å². The molecule has 1 aliphatic rings. The minimum absolute atomic E-state index is 0.129. The van der Waals surface area contributed by atoms with E-state index < -0.39 is 6.43 Å². The van der Waals surface area contributed by atoms with Crippen LogP contribution < -0.4 is 0 Å². The summed E-state index contributed by atoms with van der Waals surface area (Å²) in [6.45, 7) is 2.20. The average molecular weight is 277 g/mol. The SMILES string of the molecule is CCCC1CCC(=O)C(CN(CCO)CC(F)F)C1. The summed E-state index contributed by atoms with van der Waals surface area (Å²) in [6, 6.07) is 0. The fourth-order valence-corrected chi connectivity index (χ4v) is 2.95. The van der Waals surface area contributed by atoms with Gasteiger partial charge in [0, 0.05) is 25.4 Å². The van der Waals surface area contributed by atoms with Crippen LogP contribution in [0.5, 0.6) is 0 Å². The van der Waals surface area contributed by atoms with Gasteiger partial charge in [-0.25, -0.2) is 8.78 Å². The second-order valence-electron chi connectivity index (χ2n) is 5.47. The van der Waals surface area contributed by atoms with Crippen molar-refractivity contribution in [2.45, 2.75) is 45.5 Å². The van der Waals surface area contributed by atoms with Gasteiger partial charge >= 0.3 is 0 Å². The van der Waals surface area contributed by atoms with Gasteiger partial charge in [-0.05, 0) is 18.8 Å². The number of aliphatic hydroxyl groups excluding tert-OH is 1. The highest BCUT2D eigenvalue weighted by atomic mass is 19.3. The minimum Gasteiger partial charge on any atom is -0.395 e. The summed E-state index contributed by atoms with van der Waals surface area (Å²) < 4.78 is 24.9. The zero-order valence-electron chi connectivity index (χ0n) is 11.7. The van der Waals surface area contributed by atoms with Crippen molar-refractivity contribution in [1.29, 1.82) is 0 Å². The van der Waals surface area contributed by atoms with E-state index in [1.54, 1.807) is 0 Å². The number of hydrogen-bond donors (Lipinski definition) is 1. The Labute approximate surface area is 114 Å². The van der Waals surface area contributed by atoms with Crippen LogP contribution in [0.1, 0.15) is 39.0 Å². The van der Waals surface area contributed by atoms with Crippen molar-refractivity contribution in [3.63, 3.8) is 0 Å². The molecule has 0 aromatic carbocycles. The predicted molar refractivity (Wildman–Crippen MR) is 70.3 cm³/mol. The summed E-state index contributed by atoms with van der Waals surface area (Å²) in [5, 5.41) is 8.91. The van der Waals surface area contributed by atoms with Crippen LogP contribution in [0.3, 0.4) is 0 Å². The summed E-state index contributed by atoms with van der Waals surface area (Å²) in [5.41, 5.74) is 0. The molecule has 0 heterocycles. The molecule has 0 aromatic rings. The second-order valence-corrected chi connectivity index (χ2v) is 5.47. The summed E-state index contributed by atoms with van der Waals surface area (Å²) in [5.74, 6) is 0.621. The molecule has 0 saturated heterocycles. The molecule has 1 N–H and O–H groups in total. The Morgan fingerprint density at radius 3 is 2.79 bits per heavy atom. The van der Waals surface area contributed by atoms with Gasteiger partial charge in [0.05, 0.1) is 13.2 Å². The van der Waals surface area contributed by atoms with Gasteiger partial charge in [0.25, 0.3) is 6.43 Å². The first-order chi connectivity index (χ1) is 9.06. The Hall–Kier alpha value is -0.550. The highest BCUT2D eigenvalue weighted by Crippen LogP contribution is 2.30. The molecule has 2 unspecified atom stereocenters. The highest BCUT2D eigenvalue weighted by molar-refractivity contribution is 5.81. The maximum Gasteiger partial charge on any atom is 0.251 e. The quantitative estimate of drug-likeness (QED) is 0.740. The summed E-state index contributed by atoms with van der Waals surface area (Å²) in [7, 11) is 0. The van der Waals surface area contributed by atoms with Crippen LogP contribution in [0.2, 0.25) is 0 Å². The number of halogens is 2. The Morgan fingerprint density at radius 1 is 1.47 bits per heavy atom. The molecule has 1 saturated carbocycles. The number of carbonyl (C=O) groups excluding carboxylic acids is 1. The molecular weight excluding hydrogens is 252 g/mol. The van der Waals surface area contributed by atoms with Crippen LogP contribution in [0.15, 0.2) is 0 Å². The maximum absolute atomic E-state index is 12.4. The monoisotopic (exact) mass is 277 g/mol. The zero-order valence-corrected chi connectivity index (χ0v) is 11.7. The van der Waals surface area contributed by atoms with Crippen LogP contribution in [-0.4, -0.2) is 48.5 Å². The lowest BCUT2D eigenvalue weighted by atomic mass is 9.78. The number of aliphatic hydroxyl groups is 1. The molecule has 0 spiro atoms. The Bertz CT molecular complexity index is 274. The number of hydrogen-bond acceptors (Lipinski definition) is 3. The van der Waals surface area contributed by atoms with E-state index in [0.717, 1.165) is 25.7 Å². The maximum atomic E-state index is 12.4. The first-order valence-corrected chi connectivity index (χ1v) is 7.20. The van der Waals surface area contributed by atoms with Gasteiger partial charge in [-0.3, -0.25) is 9.69 Å². The number of carbonyl (C=O) groups is 1. The van der Waals surface area contributed by atoms with Gasteiger partial charge in [-0.15, -0.1) is 0 Å². The summed E-state index contributed by atoms with van der Waals surface area (Å²) >= 11 is 0. The van der Waals surface area contributed by atoms with Crippen molar-refractivity contribution in [2.75, 3.05) is 26.2 Å². The molecule has 0 radical (unpaired) electrons. The van der Waals surface area contributed by atoms with Crippen LogP contribution in [0.25, 0.3) is 0 Å². The molecule has 0 aliphatic heterocycles. The van der Waals surface area contributed by atoms with Gasteiger partial charge < -0.3 is 5.11 Å². The second kappa shape index (κ2) is 8.59. The van der Waals surface area contributed by atoms with Crippen molar-refractivity contribution in [3.05, 3.63) is 0 Å². The highest BCUT2D eigenvalue weighted by Gasteiger charge is 2.30. The van der Waals surface area contributed by atoms with E-state index in [4.69, 9.17) is 5.11 Å². The van der Waals surface area contributed by atoms with E-state index in [9.17, 15) is 13.6 Å². The largest absolute Gasteiger partial charge is 0.395 e. The van der Waals surface area contributed by atoms with Crippen LogP contribution in [0.4, 0.5) is 8.78 Å². The lowest BCUT2D eigenvalue weighted by molar-refractivity contribution is -0.126. The average Bonchev–Trinajstić information content (AvgIpc) is 2.33. The molecule has 112 valence electrons. The van der Waals surface area contributed by atoms with Crippen molar-refractivity contribution >= 4 is 5.78 Å². The number of alkyl halides is 2. The third kappa shape index (κ3) is 5.95. The topological polar surface area (TPSA) is 40.5 Å². The molecule has 0 aromatic heterocycles. The molecule has 5 heteroatoms. The Balaban J connectivity index is 2.51. The normalized spacial score (nSPS) is 24.4. The zero-order chi connectivity index (χ0) is 14.3. The molecule has 2 atom stereocenters. The third-order valence-electron chi connectivity index (χ3n) is 3.86. The van der Waals surface area contributed by atoms with Crippen LogP contribution >= 0.6 is 0 Å². The summed E-state index contributed by atoms with van der Waals surface area (Å²) in [4.78, 5) is 13.4. The lowest BCUT2D eigenvalue weighted by Crippen LogP contribution is -2.40. The van der Waals surface area contributed by atoms with Crippen molar-refractivity contribution < 1.29 is 18.7 Å². The minimum atomic E-state index is -2.42. The Morgan fingerprint density at radius 2 is 2.21 bits per heavy atom. The first kappa shape index (κ1) is 16.5. The third-order valence-corrected chi connectivity index (χ3v) is 3.86. The van der Waals surface area contributed by atoms with Crippen LogP contribution in [-0.2, 0) is 4.79 Å². The fraction of sp³-hybridized carbons (Fsp3) is 0.929. The molecule has 3 nitrogen and oxygen atoms in total.